The minimum absolute atomic E-state index is 0.0503. The van der Waals surface area contributed by atoms with Crippen molar-refractivity contribution in [3.8, 4) is 0 Å². The molecular formula is C13H19N3O2. The first-order valence-electron chi connectivity index (χ1n) is 6.26. The zero-order valence-corrected chi connectivity index (χ0v) is 10.8. The zero-order valence-electron chi connectivity index (χ0n) is 10.8. The van der Waals surface area contributed by atoms with Crippen molar-refractivity contribution < 1.29 is 4.92 Å². The van der Waals surface area contributed by atoms with Gasteiger partial charge in [0.25, 0.3) is 5.69 Å². The van der Waals surface area contributed by atoms with Crippen molar-refractivity contribution in [2.24, 2.45) is 11.8 Å². The summed E-state index contributed by atoms with van der Waals surface area (Å²) in [5.74, 6) is 1.26. The van der Waals surface area contributed by atoms with Crippen molar-refractivity contribution in [3.63, 3.8) is 0 Å². The molecule has 5 nitrogen and oxygen atoms in total. The summed E-state index contributed by atoms with van der Waals surface area (Å²) in [5.41, 5.74) is 7.39. The molecule has 0 aliphatic carbocycles. The van der Waals surface area contributed by atoms with Gasteiger partial charge in [-0.25, -0.2) is 0 Å². The molecule has 1 heterocycles. The van der Waals surface area contributed by atoms with Crippen LogP contribution >= 0.6 is 0 Å². The molecule has 2 atom stereocenters. The Morgan fingerprint density at radius 2 is 1.94 bits per heavy atom. The fourth-order valence-corrected chi connectivity index (χ4v) is 2.80. The molecule has 1 aromatic carbocycles. The van der Waals surface area contributed by atoms with E-state index in [0.717, 1.165) is 18.8 Å². The van der Waals surface area contributed by atoms with Gasteiger partial charge < -0.3 is 10.6 Å². The number of hydrogen-bond donors (Lipinski definition) is 1. The second-order valence-corrected chi connectivity index (χ2v) is 5.35. The molecule has 0 saturated carbocycles. The Hall–Kier alpha value is -1.78. The number of anilines is 2. The van der Waals surface area contributed by atoms with Crippen LogP contribution in [0.4, 0.5) is 17.1 Å². The van der Waals surface area contributed by atoms with E-state index >= 15 is 0 Å². The quantitative estimate of drug-likeness (QED) is 0.497. The monoisotopic (exact) mass is 249 g/mol. The first kappa shape index (κ1) is 12.7. The zero-order chi connectivity index (χ0) is 13.3. The predicted molar refractivity (Wildman–Crippen MR) is 72.7 cm³/mol. The second kappa shape index (κ2) is 4.84. The minimum Gasteiger partial charge on any atom is -0.397 e. The average Bonchev–Trinajstić information content (AvgIpc) is 2.27. The van der Waals surface area contributed by atoms with Crippen LogP contribution in [-0.4, -0.2) is 18.0 Å². The van der Waals surface area contributed by atoms with E-state index in [4.69, 9.17) is 5.73 Å². The van der Waals surface area contributed by atoms with Gasteiger partial charge in [-0.1, -0.05) is 13.8 Å². The molecule has 1 saturated heterocycles. The number of benzene rings is 1. The fraction of sp³-hybridized carbons (Fsp3) is 0.538. The molecular weight excluding hydrogens is 230 g/mol. The van der Waals surface area contributed by atoms with Crippen molar-refractivity contribution >= 4 is 17.1 Å². The van der Waals surface area contributed by atoms with E-state index in [1.807, 2.05) is 0 Å². The van der Waals surface area contributed by atoms with Crippen molar-refractivity contribution in [2.45, 2.75) is 20.3 Å². The van der Waals surface area contributed by atoms with Gasteiger partial charge in [-0.05, 0) is 24.3 Å². The number of nitrogens with zero attached hydrogens (tertiary/aromatic N) is 2. The van der Waals surface area contributed by atoms with Crippen LogP contribution in [0.1, 0.15) is 20.3 Å². The van der Waals surface area contributed by atoms with Crippen LogP contribution in [0, 0.1) is 22.0 Å². The normalized spacial score (nSPS) is 24.0. The summed E-state index contributed by atoms with van der Waals surface area (Å²) in [5, 5.41) is 10.7. The first-order chi connectivity index (χ1) is 8.47. The maximum absolute atomic E-state index is 10.7. The molecule has 0 amide bonds. The number of nitrogen functional groups attached to an aromatic ring is 1. The number of piperidine rings is 1. The molecule has 1 aliphatic heterocycles. The Morgan fingerprint density at radius 1 is 1.33 bits per heavy atom. The third kappa shape index (κ3) is 2.55. The molecule has 2 unspecified atom stereocenters. The van der Waals surface area contributed by atoms with Gasteiger partial charge in [-0.15, -0.1) is 0 Å². The van der Waals surface area contributed by atoms with Crippen LogP contribution in [0.2, 0.25) is 0 Å². The van der Waals surface area contributed by atoms with Crippen LogP contribution in [0.3, 0.4) is 0 Å². The molecule has 1 fully saturated rings. The van der Waals surface area contributed by atoms with Crippen molar-refractivity contribution in [1.29, 1.82) is 0 Å². The fourth-order valence-electron chi connectivity index (χ4n) is 2.80. The molecule has 98 valence electrons. The molecule has 0 radical (unpaired) electrons. The number of hydrogen-bond acceptors (Lipinski definition) is 4. The third-order valence-corrected chi connectivity index (χ3v) is 3.43. The molecule has 2 N–H and O–H groups in total. The Kier molecular flexibility index (Phi) is 3.41. The molecule has 18 heavy (non-hydrogen) atoms. The highest BCUT2D eigenvalue weighted by molar-refractivity contribution is 5.70. The van der Waals surface area contributed by atoms with E-state index in [-0.39, 0.29) is 5.69 Å². The Balaban J connectivity index is 2.25. The van der Waals surface area contributed by atoms with Gasteiger partial charge in [-0.2, -0.15) is 0 Å². The van der Waals surface area contributed by atoms with Crippen LogP contribution in [0.25, 0.3) is 0 Å². The smallest absolute Gasteiger partial charge is 0.271 e. The van der Waals surface area contributed by atoms with E-state index < -0.39 is 4.92 Å². The predicted octanol–water partition coefficient (Wildman–Crippen LogP) is 2.66. The van der Waals surface area contributed by atoms with E-state index in [1.54, 1.807) is 6.07 Å². The first-order valence-corrected chi connectivity index (χ1v) is 6.26. The maximum Gasteiger partial charge on any atom is 0.271 e. The van der Waals surface area contributed by atoms with Gasteiger partial charge in [0.1, 0.15) is 0 Å². The summed E-state index contributed by atoms with van der Waals surface area (Å²) in [6.45, 7) is 6.38. The molecule has 1 aromatic rings. The lowest BCUT2D eigenvalue weighted by Gasteiger charge is -2.37. The molecule has 1 aliphatic rings. The molecule has 0 aromatic heterocycles. The number of rotatable bonds is 2. The van der Waals surface area contributed by atoms with Gasteiger partial charge in [-0.3, -0.25) is 10.1 Å². The van der Waals surface area contributed by atoms with Crippen molar-refractivity contribution in [3.05, 3.63) is 28.3 Å². The largest absolute Gasteiger partial charge is 0.397 e. The summed E-state index contributed by atoms with van der Waals surface area (Å²) >= 11 is 0. The van der Waals surface area contributed by atoms with Gasteiger partial charge in [0.05, 0.1) is 16.3 Å². The summed E-state index contributed by atoms with van der Waals surface area (Å²) < 4.78 is 0. The van der Waals surface area contributed by atoms with Gasteiger partial charge in [0, 0.05) is 25.2 Å². The number of non-ortho nitro benzene ring substituents is 1. The van der Waals surface area contributed by atoms with Crippen LogP contribution < -0.4 is 10.6 Å². The highest BCUT2D eigenvalue weighted by Gasteiger charge is 2.23. The van der Waals surface area contributed by atoms with E-state index in [0.29, 0.717) is 17.5 Å². The Labute approximate surface area is 107 Å². The van der Waals surface area contributed by atoms with Gasteiger partial charge >= 0.3 is 0 Å². The summed E-state index contributed by atoms with van der Waals surface area (Å²) in [4.78, 5) is 12.5. The lowest BCUT2D eigenvalue weighted by molar-refractivity contribution is -0.384. The lowest BCUT2D eigenvalue weighted by atomic mass is 9.91. The van der Waals surface area contributed by atoms with Gasteiger partial charge in [0.2, 0.25) is 0 Å². The summed E-state index contributed by atoms with van der Waals surface area (Å²) in [6.07, 6.45) is 1.23. The van der Waals surface area contributed by atoms with Gasteiger partial charge in [0.15, 0.2) is 0 Å². The second-order valence-electron chi connectivity index (χ2n) is 5.35. The standard InChI is InChI=1S/C13H19N3O2/c1-9-5-10(2)8-15(7-9)13-4-3-11(16(17)18)6-12(13)14/h3-4,6,9-10H,5,7-8,14H2,1-2H3. The average molecular weight is 249 g/mol. The van der Waals surface area contributed by atoms with Crippen LogP contribution in [0.5, 0.6) is 0 Å². The number of nitro groups is 1. The lowest BCUT2D eigenvalue weighted by Crippen LogP contribution is -2.39. The van der Waals surface area contributed by atoms with E-state index in [9.17, 15) is 10.1 Å². The SMILES string of the molecule is CC1CC(C)CN(c2ccc([N+](=O)[O-])cc2N)C1. The molecule has 5 heteroatoms. The van der Waals surface area contributed by atoms with E-state index in [2.05, 4.69) is 18.7 Å². The molecule has 0 spiro atoms. The van der Waals surface area contributed by atoms with Crippen LogP contribution in [-0.2, 0) is 0 Å². The molecule has 0 bridgehead atoms. The maximum atomic E-state index is 10.7. The van der Waals surface area contributed by atoms with Crippen molar-refractivity contribution in [2.75, 3.05) is 23.7 Å². The molecule has 2 rings (SSSR count). The Morgan fingerprint density at radius 3 is 2.44 bits per heavy atom. The van der Waals surface area contributed by atoms with E-state index in [1.165, 1.54) is 18.6 Å². The number of nitro benzene ring substituents is 1. The minimum atomic E-state index is -0.415. The summed E-state index contributed by atoms with van der Waals surface area (Å²) in [7, 11) is 0. The number of nitrogens with two attached hydrogens (primary N) is 1. The Bertz CT molecular complexity index is 452. The topological polar surface area (TPSA) is 72.4 Å². The highest BCUT2D eigenvalue weighted by Crippen LogP contribution is 2.32. The third-order valence-electron chi connectivity index (χ3n) is 3.43. The van der Waals surface area contributed by atoms with Crippen molar-refractivity contribution in [1.82, 2.24) is 0 Å². The highest BCUT2D eigenvalue weighted by atomic mass is 16.6. The summed E-state index contributed by atoms with van der Waals surface area (Å²) in [6, 6.07) is 4.73. The van der Waals surface area contributed by atoms with Crippen LogP contribution in [0.15, 0.2) is 18.2 Å².